The fourth-order valence-electron chi connectivity index (χ4n) is 10.2. The average Bonchev–Trinajstić information content (AvgIpc) is 4.04. The van der Waals surface area contributed by atoms with Crippen LogP contribution < -0.4 is 4.90 Å². The molecule has 0 unspecified atom stereocenters. The van der Waals surface area contributed by atoms with Crippen molar-refractivity contribution in [1.82, 2.24) is 4.57 Å². The molecule has 2 aliphatic rings. The van der Waals surface area contributed by atoms with E-state index < -0.39 is 0 Å². The predicted molar refractivity (Wildman–Crippen MR) is 238 cm³/mol. The van der Waals surface area contributed by atoms with Gasteiger partial charge in [-0.2, -0.15) is 0 Å². The highest BCUT2D eigenvalue weighted by Gasteiger charge is 2.45. The van der Waals surface area contributed by atoms with Gasteiger partial charge in [-0.3, -0.25) is 0 Å². The Morgan fingerprint density at radius 3 is 2.02 bits per heavy atom. The Morgan fingerprint density at radius 1 is 0.464 bits per heavy atom. The first-order chi connectivity index (χ1) is 27.7. The highest BCUT2D eigenvalue weighted by atomic mass is 32.1. The van der Waals surface area contributed by atoms with Gasteiger partial charge in [0.2, 0.25) is 0 Å². The Balaban J connectivity index is 1.03. The summed E-state index contributed by atoms with van der Waals surface area (Å²) in [5, 5.41) is 5.18. The molecule has 10 aromatic rings. The van der Waals surface area contributed by atoms with Gasteiger partial charge >= 0.3 is 0 Å². The van der Waals surface area contributed by atoms with Gasteiger partial charge < -0.3 is 9.47 Å². The summed E-state index contributed by atoms with van der Waals surface area (Å²) in [4.78, 5) is 2.52. The van der Waals surface area contributed by atoms with E-state index in [4.69, 9.17) is 0 Å². The zero-order valence-corrected chi connectivity index (χ0v) is 31.8. The molecule has 2 aliphatic carbocycles. The second kappa shape index (κ2) is 12.3. The van der Waals surface area contributed by atoms with Crippen LogP contribution in [0.5, 0.6) is 0 Å². The van der Waals surface area contributed by atoms with Gasteiger partial charge in [0.25, 0.3) is 0 Å². The molecule has 1 spiro atoms. The normalized spacial score (nSPS) is 14.3. The Labute approximate surface area is 330 Å². The van der Waals surface area contributed by atoms with Crippen LogP contribution in [0.25, 0.3) is 69.9 Å². The molecule has 2 aromatic heterocycles. The molecule has 12 rings (SSSR count). The molecule has 0 N–H and O–H groups in total. The van der Waals surface area contributed by atoms with E-state index in [9.17, 15) is 0 Å². The quantitative estimate of drug-likeness (QED) is 0.171. The highest BCUT2D eigenvalue weighted by Crippen LogP contribution is 2.58. The summed E-state index contributed by atoms with van der Waals surface area (Å²) in [5.74, 6) is 0. The van der Waals surface area contributed by atoms with Crippen LogP contribution in [-0.4, -0.2) is 4.57 Å². The second-order valence-corrected chi connectivity index (χ2v) is 16.7. The summed E-state index contributed by atoms with van der Waals surface area (Å²) in [6.07, 6.45) is 4.99. The fourth-order valence-corrected chi connectivity index (χ4v) is 11.4. The molecule has 0 saturated heterocycles. The fraction of sp³-hybridized carbons (Fsp3) is 0.0943. The van der Waals surface area contributed by atoms with Crippen LogP contribution in [0.15, 0.2) is 182 Å². The summed E-state index contributed by atoms with van der Waals surface area (Å²) in [7, 11) is 0. The molecule has 0 aliphatic heterocycles. The van der Waals surface area contributed by atoms with E-state index >= 15 is 0 Å². The Kier molecular flexibility index (Phi) is 7.00. The number of hydrogen-bond acceptors (Lipinski definition) is 2. The van der Waals surface area contributed by atoms with Crippen LogP contribution in [0.4, 0.5) is 17.1 Å². The van der Waals surface area contributed by atoms with Crippen LogP contribution in [0.3, 0.4) is 0 Å². The lowest BCUT2D eigenvalue weighted by Gasteiger charge is -2.30. The number of rotatable bonds is 5. The smallest absolute Gasteiger partial charge is 0.0640 e. The minimum absolute atomic E-state index is 0.0992. The van der Waals surface area contributed by atoms with Gasteiger partial charge in [-0.1, -0.05) is 134 Å². The largest absolute Gasteiger partial charge is 0.309 e. The number of nitrogens with zero attached hydrogens (tertiary/aromatic N) is 2. The molecule has 266 valence electrons. The first-order valence-electron chi connectivity index (χ1n) is 19.9. The molecule has 2 heterocycles. The average molecular weight is 735 g/mol. The summed E-state index contributed by atoms with van der Waals surface area (Å²) < 4.78 is 5.04. The number of thiophene rings is 1. The van der Waals surface area contributed by atoms with E-state index in [1.807, 2.05) is 11.3 Å². The van der Waals surface area contributed by atoms with Crippen molar-refractivity contribution in [2.75, 3.05) is 4.90 Å². The molecule has 1 fully saturated rings. The van der Waals surface area contributed by atoms with Crippen molar-refractivity contribution >= 4 is 70.4 Å². The predicted octanol–water partition coefficient (Wildman–Crippen LogP) is 15.1. The number of hydrogen-bond donors (Lipinski definition) is 0. The highest BCUT2D eigenvalue weighted by molar-refractivity contribution is 7.26. The third kappa shape index (κ3) is 4.61. The van der Waals surface area contributed by atoms with Crippen molar-refractivity contribution in [3.8, 4) is 27.9 Å². The van der Waals surface area contributed by atoms with E-state index in [1.165, 1.54) is 118 Å². The van der Waals surface area contributed by atoms with Gasteiger partial charge in [0.15, 0.2) is 0 Å². The van der Waals surface area contributed by atoms with Gasteiger partial charge in [-0.05, 0) is 107 Å². The van der Waals surface area contributed by atoms with Gasteiger partial charge in [0.1, 0.15) is 0 Å². The van der Waals surface area contributed by atoms with E-state index in [-0.39, 0.29) is 5.41 Å². The molecule has 2 nitrogen and oxygen atoms in total. The van der Waals surface area contributed by atoms with Gasteiger partial charge in [0, 0.05) is 48.7 Å². The maximum Gasteiger partial charge on any atom is 0.0640 e. The monoisotopic (exact) mass is 734 g/mol. The summed E-state index contributed by atoms with van der Waals surface area (Å²) in [6.45, 7) is 0. The van der Waals surface area contributed by atoms with Gasteiger partial charge in [0.05, 0.1) is 21.4 Å². The lowest BCUT2D eigenvalue weighted by Crippen LogP contribution is -2.21. The molecular formula is C53H38N2S. The minimum atomic E-state index is 0.0992. The molecule has 1 saturated carbocycles. The number of anilines is 3. The number of benzene rings is 8. The van der Waals surface area contributed by atoms with E-state index in [1.54, 1.807) is 0 Å². The van der Waals surface area contributed by atoms with Crippen LogP contribution in [-0.2, 0) is 5.41 Å². The topological polar surface area (TPSA) is 8.17 Å². The van der Waals surface area contributed by atoms with E-state index in [2.05, 4.69) is 191 Å². The van der Waals surface area contributed by atoms with Crippen molar-refractivity contribution in [3.63, 3.8) is 0 Å². The molecular weight excluding hydrogens is 697 g/mol. The molecule has 0 atom stereocenters. The third-order valence-electron chi connectivity index (χ3n) is 12.7. The zero-order chi connectivity index (χ0) is 36.8. The number of fused-ring (bicyclic) bond motifs is 11. The van der Waals surface area contributed by atoms with Crippen molar-refractivity contribution in [2.45, 2.75) is 31.1 Å². The third-order valence-corrected chi connectivity index (χ3v) is 13.9. The standard InChI is InChI=1S/C53H38N2S/c1-2-13-37(14-3-1)55-48-20-8-5-16-42(48)43-29-25-36(33-50(43)55)35-23-26-38(27-24-35)54(49-21-12-18-45-44-17-6-9-22-51(44)56-52(45)49)39-28-30-41-40-15-4-7-19-46(40)53(47(41)34-39)31-10-11-32-53/h1-9,12-30,33-34H,10-11,31-32H2. The number of aromatic nitrogens is 1. The molecule has 0 radical (unpaired) electrons. The first-order valence-corrected chi connectivity index (χ1v) is 20.7. The van der Waals surface area contributed by atoms with Crippen molar-refractivity contribution in [1.29, 1.82) is 0 Å². The molecule has 0 amide bonds. The van der Waals surface area contributed by atoms with E-state index in [0.717, 1.165) is 5.69 Å². The Hall–Kier alpha value is -6.42. The van der Waals surface area contributed by atoms with Crippen LogP contribution >= 0.6 is 11.3 Å². The van der Waals surface area contributed by atoms with Gasteiger partial charge in [-0.15, -0.1) is 11.3 Å². The van der Waals surface area contributed by atoms with Crippen LogP contribution in [0.1, 0.15) is 36.8 Å². The zero-order valence-electron chi connectivity index (χ0n) is 31.0. The summed E-state index contributed by atoms with van der Waals surface area (Å²) in [5.41, 5.74) is 15.6. The molecule has 8 aromatic carbocycles. The summed E-state index contributed by atoms with van der Waals surface area (Å²) >= 11 is 1.90. The van der Waals surface area contributed by atoms with Crippen molar-refractivity contribution < 1.29 is 0 Å². The molecule has 3 heteroatoms. The van der Waals surface area contributed by atoms with Crippen molar-refractivity contribution in [3.05, 3.63) is 193 Å². The van der Waals surface area contributed by atoms with Crippen molar-refractivity contribution in [2.24, 2.45) is 0 Å². The second-order valence-electron chi connectivity index (χ2n) is 15.6. The summed E-state index contributed by atoms with van der Waals surface area (Å²) in [6, 6.07) is 67.9. The van der Waals surface area contributed by atoms with Gasteiger partial charge in [-0.25, -0.2) is 0 Å². The van der Waals surface area contributed by atoms with Crippen LogP contribution in [0, 0.1) is 0 Å². The maximum absolute atomic E-state index is 2.54. The molecule has 56 heavy (non-hydrogen) atoms. The minimum Gasteiger partial charge on any atom is -0.309 e. The first kappa shape index (κ1) is 31.9. The number of para-hydroxylation sites is 2. The molecule has 0 bridgehead atoms. The maximum atomic E-state index is 2.54. The SMILES string of the molecule is c1ccc(-n2c3ccccc3c3ccc(-c4ccc(N(c5ccc6c(c5)C5(CCCC5)c5ccccc5-6)c5cccc6c5sc5ccccc56)cc4)cc32)cc1. The Bertz CT molecular complexity index is 3140. The lowest BCUT2D eigenvalue weighted by molar-refractivity contribution is 0.550. The van der Waals surface area contributed by atoms with Crippen LogP contribution in [0.2, 0.25) is 0 Å². The van der Waals surface area contributed by atoms with E-state index in [0.29, 0.717) is 0 Å². The Morgan fingerprint density at radius 2 is 1.14 bits per heavy atom. The lowest BCUT2D eigenvalue weighted by atomic mass is 9.76.